The van der Waals surface area contributed by atoms with Crippen molar-refractivity contribution in [3.8, 4) is 0 Å². The minimum atomic E-state index is -0.473. The molecule has 0 aliphatic carbocycles. The maximum Gasteiger partial charge on any atom is 0.466 e. The molecule has 1 aromatic rings. The zero-order valence-corrected chi connectivity index (χ0v) is 15.9. The van der Waals surface area contributed by atoms with Crippen LogP contribution in [-0.4, -0.2) is 31.4 Å². The van der Waals surface area contributed by atoms with Crippen LogP contribution < -0.4 is 0 Å². The van der Waals surface area contributed by atoms with Crippen molar-refractivity contribution >= 4 is 13.1 Å². The van der Waals surface area contributed by atoms with Gasteiger partial charge in [-0.15, -0.1) is 0 Å². The Hall–Kier alpha value is -1.33. The van der Waals surface area contributed by atoms with Gasteiger partial charge in [-0.05, 0) is 44.7 Å². The average molecular weight is 332 g/mol. The summed E-state index contributed by atoms with van der Waals surface area (Å²) in [4.78, 5) is 11.9. The molecule has 0 N–H and O–H groups in total. The second-order valence-corrected chi connectivity index (χ2v) is 7.83. The number of methoxy groups -OCH3 is 1. The van der Waals surface area contributed by atoms with Crippen molar-refractivity contribution in [1.82, 2.24) is 0 Å². The number of ether oxygens (including phenoxy) is 1. The van der Waals surface area contributed by atoms with Gasteiger partial charge in [-0.3, -0.25) is 4.79 Å². The van der Waals surface area contributed by atoms with Crippen molar-refractivity contribution in [3.63, 3.8) is 0 Å². The molecule has 1 saturated heterocycles. The van der Waals surface area contributed by atoms with Crippen LogP contribution in [0.15, 0.2) is 24.3 Å². The molecule has 5 heteroatoms. The van der Waals surface area contributed by atoms with E-state index in [1.165, 1.54) is 12.7 Å². The summed E-state index contributed by atoms with van der Waals surface area (Å²) in [6.45, 7) is 12.4. The van der Waals surface area contributed by atoms with Crippen LogP contribution in [0.2, 0.25) is 0 Å². The van der Waals surface area contributed by atoms with Gasteiger partial charge in [0.15, 0.2) is 0 Å². The number of rotatable bonds is 5. The predicted octanol–water partition coefficient (Wildman–Crippen LogP) is 4.09. The highest BCUT2D eigenvalue weighted by Crippen LogP contribution is 2.41. The number of hydrogen-bond acceptors (Lipinski definition) is 4. The first-order chi connectivity index (χ1) is 11.1. The van der Waals surface area contributed by atoms with Gasteiger partial charge >= 0.3 is 13.1 Å². The molecular formula is C19H29BO4. The molecule has 1 unspecified atom stereocenters. The number of hydrogen-bond donors (Lipinski definition) is 0. The van der Waals surface area contributed by atoms with Crippen LogP contribution in [0.4, 0.5) is 0 Å². The van der Waals surface area contributed by atoms with Crippen molar-refractivity contribution in [2.75, 3.05) is 7.11 Å². The Kier molecular flexibility index (Phi) is 5.45. The quantitative estimate of drug-likeness (QED) is 0.602. The molecule has 132 valence electrons. The summed E-state index contributed by atoms with van der Waals surface area (Å²) in [6, 6.07) is 8.34. The minimum Gasteiger partial charge on any atom is -0.469 e. The molecule has 24 heavy (non-hydrogen) atoms. The number of esters is 1. The van der Waals surface area contributed by atoms with Crippen LogP contribution in [0.25, 0.3) is 0 Å². The highest BCUT2D eigenvalue weighted by Gasteiger charge is 2.54. The van der Waals surface area contributed by atoms with E-state index < -0.39 is 18.3 Å². The summed E-state index contributed by atoms with van der Waals surface area (Å²) in [5.41, 5.74) is 1.45. The predicted molar refractivity (Wildman–Crippen MR) is 96.0 cm³/mol. The molecule has 0 spiro atoms. The molecule has 1 heterocycles. The largest absolute Gasteiger partial charge is 0.469 e. The Morgan fingerprint density at radius 2 is 1.50 bits per heavy atom. The molecule has 1 aromatic carbocycles. The van der Waals surface area contributed by atoms with Gasteiger partial charge in [-0.1, -0.05) is 38.1 Å². The van der Waals surface area contributed by atoms with E-state index in [0.717, 1.165) is 5.56 Å². The molecule has 1 aliphatic rings. The van der Waals surface area contributed by atoms with Crippen molar-refractivity contribution < 1.29 is 18.8 Å². The van der Waals surface area contributed by atoms with Crippen LogP contribution in [0, 0.1) is 0 Å². The molecule has 0 aromatic heterocycles. The molecular weight excluding hydrogens is 303 g/mol. The Balaban J connectivity index is 2.30. The molecule has 1 aliphatic heterocycles. The summed E-state index contributed by atoms with van der Waals surface area (Å²) >= 11 is 0. The van der Waals surface area contributed by atoms with E-state index in [4.69, 9.17) is 14.0 Å². The lowest BCUT2D eigenvalue weighted by molar-refractivity contribution is -0.140. The van der Waals surface area contributed by atoms with Gasteiger partial charge in [0.05, 0.1) is 24.7 Å². The zero-order chi connectivity index (χ0) is 18.1. The summed E-state index contributed by atoms with van der Waals surface area (Å²) in [6.07, 6.45) is 0.231. The standard InChI is InChI=1S/C19H29BO4/c1-13(2)14-8-10-15(11-9-14)16(12-17(21)22-7)20-23-18(3,4)19(5,6)24-20/h8-11,13,16H,12H2,1-7H3. The molecule has 0 amide bonds. The van der Waals surface area contributed by atoms with Crippen LogP contribution in [0.3, 0.4) is 0 Å². The lowest BCUT2D eigenvalue weighted by atomic mass is 9.66. The van der Waals surface area contributed by atoms with Gasteiger partial charge in [-0.25, -0.2) is 0 Å². The second kappa shape index (κ2) is 6.89. The topological polar surface area (TPSA) is 44.8 Å². The normalized spacial score (nSPS) is 20.2. The summed E-state index contributed by atoms with van der Waals surface area (Å²) in [5.74, 6) is 0.0114. The molecule has 2 rings (SSSR count). The maximum absolute atomic E-state index is 11.9. The van der Waals surface area contributed by atoms with E-state index in [9.17, 15) is 4.79 Å². The van der Waals surface area contributed by atoms with E-state index in [1.54, 1.807) is 0 Å². The van der Waals surface area contributed by atoms with E-state index in [-0.39, 0.29) is 18.2 Å². The van der Waals surface area contributed by atoms with Crippen molar-refractivity contribution in [3.05, 3.63) is 35.4 Å². The number of carbonyl (C=O) groups excluding carboxylic acids is 1. The lowest BCUT2D eigenvalue weighted by Gasteiger charge is -2.32. The second-order valence-electron chi connectivity index (χ2n) is 7.83. The zero-order valence-electron chi connectivity index (χ0n) is 15.9. The smallest absolute Gasteiger partial charge is 0.466 e. The highest BCUT2D eigenvalue weighted by molar-refractivity contribution is 6.48. The van der Waals surface area contributed by atoms with E-state index in [0.29, 0.717) is 5.92 Å². The van der Waals surface area contributed by atoms with Crippen LogP contribution in [0.1, 0.15) is 70.8 Å². The van der Waals surface area contributed by atoms with E-state index in [1.807, 2.05) is 27.7 Å². The van der Waals surface area contributed by atoms with Gasteiger partial charge in [-0.2, -0.15) is 0 Å². The Labute approximate surface area is 146 Å². The molecule has 0 radical (unpaired) electrons. The van der Waals surface area contributed by atoms with Crippen LogP contribution >= 0.6 is 0 Å². The summed E-state index contributed by atoms with van der Waals surface area (Å²) < 4.78 is 17.2. The van der Waals surface area contributed by atoms with Gasteiger partial charge < -0.3 is 14.0 Å². The van der Waals surface area contributed by atoms with Crippen LogP contribution in [0.5, 0.6) is 0 Å². The number of carbonyl (C=O) groups is 1. The number of benzene rings is 1. The lowest BCUT2D eigenvalue weighted by Crippen LogP contribution is -2.41. The first kappa shape index (κ1) is 19.0. The fourth-order valence-corrected chi connectivity index (χ4v) is 2.82. The van der Waals surface area contributed by atoms with Gasteiger partial charge in [0.25, 0.3) is 0 Å². The van der Waals surface area contributed by atoms with E-state index in [2.05, 4.69) is 38.1 Å². The van der Waals surface area contributed by atoms with Crippen molar-refractivity contribution in [2.24, 2.45) is 0 Å². The molecule has 4 nitrogen and oxygen atoms in total. The third-order valence-corrected chi connectivity index (χ3v) is 5.25. The van der Waals surface area contributed by atoms with Gasteiger partial charge in [0.1, 0.15) is 0 Å². The Morgan fingerprint density at radius 1 is 1.04 bits per heavy atom. The first-order valence-electron chi connectivity index (χ1n) is 8.59. The van der Waals surface area contributed by atoms with E-state index >= 15 is 0 Å². The fourth-order valence-electron chi connectivity index (χ4n) is 2.82. The molecule has 1 atom stereocenters. The van der Waals surface area contributed by atoms with Gasteiger partial charge in [0, 0.05) is 5.82 Å². The Morgan fingerprint density at radius 3 is 1.92 bits per heavy atom. The maximum atomic E-state index is 11.9. The third-order valence-electron chi connectivity index (χ3n) is 5.25. The molecule has 0 bridgehead atoms. The summed E-state index contributed by atoms with van der Waals surface area (Å²) in [5, 5.41) is 0. The minimum absolute atomic E-state index is 0.195. The highest BCUT2D eigenvalue weighted by atomic mass is 16.7. The fraction of sp³-hybridized carbons (Fsp3) is 0.632. The van der Waals surface area contributed by atoms with Crippen molar-refractivity contribution in [1.29, 1.82) is 0 Å². The molecule has 0 saturated carbocycles. The first-order valence-corrected chi connectivity index (χ1v) is 8.59. The third kappa shape index (κ3) is 3.84. The van der Waals surface area contributed by atoms with Crippen molar-refractivity contribution in [2.45, 2.75) is 70.9 Å². The van der Waals surface area contributed by atoms with Crippen LogP contribution in [-0.2, 0) is 18.8 Å². The Bertz CT molecular complexity index is 562. The monoisotopic (exact) mass is 332 g/mol. The van der Waals surface area contributed by atoms with Gasteiger partial charge in [0.2, 0.25) is 0 Å². The average Bonchev–Trinajstić information content (AvgIpc) is 2.72. The molecule has 1 fully saturated rings. The summed E-state index contributed by atoms with van der Waals surface area (Å²) in [7, 11) is 0.935. The SMILES string of the molecule is COC(=O)CC(B1OC(C)(C)C(C)(C)O1)c1ccc(C(C)C)cc1.